The molecule has 1 atom stereocenters. The number of hydrogen-bond donors (Lipinski definition) is 1. The first-order valence-electron chi connectivity index (χ1n) is 10.1. The summed E-state index contributed by atoms with van der Waals surface area (Å²) >= 11 is 0. The molecule has 1 N–H and O–H groups in total. The van der Waals surface area contributed by atoms with Crippen LogP contribution in [-0.4, -0.2) is 46.5 Å². The third-order valence-electron chi connectivity index (χ3n) is 6.57. The smallest absolute Gasteiger partial charge is 0.255 e. The highest BCUT2D eigenvalue weighted by Gasteiger charge is 2.54. The summed E-state index contributed by atoms with van der Waals surface area (Å²) in [4.78, 5) is 33.7. The number of ether oxygens (including phenoxy) is 2. The van der Waals surface area contributed by atoms with E-state index in [2.05, 4.69) is 11.1 Å². The fraction of sp³-hybridized carbons (Fsp3) is 0.304. The zero-order valence-corrected chi connectivity index (χ0v) is 16.6. The average molecular weight is 403 g/mol. The molecule has 3 aliphatic rings. The van der Waals surface area contributed by atoms with Gasteiger partial charge < -0.3 is 24.3 Å². The number of amides is 2. The standard InChI is InChI=1S/C23H21N3O4/c1-23-21-16(15-4-2-3-5-17(15)24-21)8-9-26(23)20(27)12-25(22(23)28)11-14-6-7-18-19(10-14)30-13-29-18/h2-7,10,24H,8-9,11-13H2,1H3/t23-/m1/s1. The third kappa shape index (κ3) is 2.26. The van der Waals surface area contributed by atoms with Crippen LogP contribution in [0.1, 0.15) is 23.7 Å². The van der Waals surface area contributed by atoms with Crippen LogP contribution in [0.4, 0.5) is 0 Å². The second-order valence-corrected chi connectivity index (χ2v) is 8.24. The lowest BCUT2D eigenvalue weighted by atomic mass is 9.83. The Bertz CT molecular complexity index is 1220. The minimum absolute atomic E-state index is 0.0258. The van der Waals surface area contributed by atoms with Gasteiger partial charge in [-0.05, 0) is 42.7 Å². The van der Waals surface area contributed by atoms with Crippen LogP contribution in [0.5, 0.6) is 11.5 Å². The summed E-state index contributed by atoms with van der Waals surface area (Å²) < 4.78 is 10.8. The third-order valence-corrected chi connectivity index (χ3v) is 6.57. The van der Waals surface area contributed by atoms with E-state index in [9.17, 15) is 9.59 Å². The summed E-state index contributed by atoms with van der Waals surface area (Å²) in [6.07, 6.45) is 0.746. The van der Waals surface area contributed by atoms with Gasteiger partial charge in [0.15, 0.2) is 17.0 Å². The van der Waals surface area contributed by atoms with E-state index in [-0.39, 0.29) is 25.2 Å². The van der Waals surface area contributed by atoms with E-state index in [0.29, 0.717) is 24.6 Å². The van der Waals surface area contributed by atoms with Crippen molar-refractivity contribution in [3.05, 3.63) is 59.3 Å². The van der Waals surface area contributed by atoms with Crippen molar-refractivity contribution < 1.29 is 19.1 Å². The van der Waals surface area contributed by atoms with Crippen LogP contribution >= 0.6 is 0 Å². The highest BCUT2D eigenvalue weighted by Crippen LogP contribution is 2.42. The monoisotopic (exact) mass is 403 g/mol. The molecule has 2 amide bonds. The highest BCUT2D eigenvalue weighted by molar-refractivity contribution is 6.00. The fourth-order valence-corrected chi connectivity index (χ4v) is 5.07. The van der Waals surface area contributed by atoms with Gasteiger partial charge in [0.2, 0.25) is 12.7 Å². The normalized spacial score (nSPS) is 22.4. The lowest BCUT2D eigenvalue weighted by Crippen LogP contribution is -2.66. The maximum absolute atomic E-state index is 13.8. The molecular formula is C23H21N3O4. The topological polar surface area (TPSA) is 74.9 Å². The zero-order valence-electron chi connectivity index (χ0n) is 16.6. The Balaban J connectivity index is 1.40. The Morgan fingerprint density at radius 1 is 1.10 bits per heavy atom. The molecule has 0 unspecified atom stereocenters. The first-order valence-corrected chi connectivity index (χ1v) is 10.1. The molecule has 4 heterocycles. The molecule has 7 heteroatoms. The summed E-state index contributed by atoms with van der Waals surface area (Å²) in [6.45, 7) is 3.05. The van der Waals surface area contributed by atoms with Gasteiger partial charge in [0.05, 0.1) is 5.69 Å². The Kier molecular flexibility index (Phi) is 3.48. The summed E-state index contributed by atoms with van der Waals surface area (Å²) in [6, 6.07) is 13.7. The molecule has 0 spiro atoms. The second kappa shape index (κ2) is 6.01. The minimum atomic E-state index is -1.03. The van der Waals surface area contributed by atoms with Crippen LogP contribution in [0.2, 0.25) is 0 Å². The number of aromatic amines is 1. The molecule has 30 heavy (non-hydrogen) atoms. The number of fused-ring (bicyclic) bond motifs is 6. The number of piperazine rings is 1. The van der Waals surface area contributed by atoms with Gasteiger partial charge in [-0.25, -0.2) is 0 Å². The molecule has 3 aromatic rings. The van der Waals surface area contributed by atoms with E-state index in [0.717, 1.165) is 34.1 Å². The molecule has 1 aromatic heterocycles. The van der Waals surface area contributed by atoms with Crippen molar-refractivity contribution in [1.29, 1.82) is 0 Å². The number of carbonyl (C=O) groups excluding carboxylic acids is 2. The van der Waals surface area contributed by atoms with Gasteiger partial charge in [-0.2, -0.15) is 0 Å². The molecule has 0 saturated carbocycles. The van der Waals surface area contributed by atoms with Crippen LogP contribution in [0, 0.1) is 0 Å². The number of rotatable bonds is 2. The van der Waals surface area contributed by atoms with E-state index in [4.69, 9.17) is 9.47 Å². The van der Waals surface area contributed by atoms with E-state index >= 15 is 0 Å². The van der Waals surface area contributed by atoms with Crippen molar-refractivity contribution in [3.8, 4) is 11.5 Å². The molecule has 7 nitrogen and oxygen atoms in total. The number of para-hydroxylation sites is 1. The van der Waals surface area contributed by atoms with Crippen LogP contribution < -0.4 is 9.47 Å². The molecule has 0 bridgehead atoms. The molecule has 2 aromatic carbocycles. The molecule has 0 radical (unpaired) electrons. The summed E-state index contributed by atoms with van der Waals surface area (Å²) in [7, 11) is 0. The predicted molar refractivity (Wildman–Crippen MR) is 109 cm³/mol. The SMILES string of the molecule is C[C@@]12C(=O)N(Cc3ccc4c(c3)OCO4)CC(=O)N1CCc1c2[nH]c2ccccc12. The van der Waals surface area contributed by atoms with Crippen molar-refractivity contribution in [1.82, 2.24) is 14.8 Å². The van der Waals surface area contributed by atoms with Gasteiger partial charge in [0.1, 0.15) is 6.54 Å². The van der Waals surface area contributed by atoms with Gasteiger partial charge in [-0.3, -0.25) is 9.59 Å². The number of benzene rings is 2. The number of H-pyrrole nitrogens is 1. The van der Waals surface area contributed by atoms with Gasteiger partial charge in [0, 0.05) is 24.0 Å². The quantitative estimate of drug-likeness (QED) is 0.714. The van der Waals surface area contributed by atoms with Crippen molar-refractivity contribution in [2.24, 2.45) is 0 Å². The molecule has 3 aliphatic heterocycles. The molecular weight excluding hydrogens is 382 g/mol. The number of hydrogen-bond acceptors (Lipinski definition) is 4. The highest BCUT2D eigenvalue weighted by atomic mass is 16.7. The lowest BCUT2D eigenvalue weighted by Gasteiger charge is -2.49. The van der Waals surface area contributed by atoms with Crippen LogP contribution in [-0.2, 0) is 28.1 Å². The summed E-state index contributed by atoms with van der Waals surface area (Å²) in [5.41, 5.74) is 2.85. The van der Waals surface area contributed by atoms with E-state index in [1.165, 1.54) is 0 Å². The zero-order chi connectivity index (χ0) is 20.5. The number of nitrogens with one attached hydrogen (secondary N) is 1. The lowest BCUT2D eigenvalue weighted by molar-refractivity contribution is -0.166. The van der Waals surface area contributed by atoms with Crippen molar-refractivity contribution in [2.45, 2.75) is 25.4 Å². The molecule has 0 aliphatic carbocycles. The summed E-state index contributed by atoms with van der Waals surface area (Å²) in [5, 5.41) is 1.13. The Morgan fingerprint density at radius 2 is 1.93 bits per heavy atom. The van der Waals surface area contributed by atoms with Gasteiger partial charge >= 0.3 is 0 Å². The predicted octanol–water partition coefficient (Wildman–Crippen LogP) is 2.54. The van der Waals surface area contributed by atoms with Crippen molar-refractivity contribution >= 4 is 22.7 Å². The van der Waals surface area contributed by atoms with Crippen LogP contribution in [0.3, 0.4) is 0 Å². The fourth-order valence-electron chi connectivity index (χ4n) is 5.07. The maximum Gasteiger partial charge on any atom is 0.255 e. The Morgan fingerprint density at radius 3 is 2.83 bits per heavy atom. The van der Waals surface area contributed by atoms with Gasteiger partial charge in [-0.15, -0.1) is 0 Å². The molecule has 1 saturated heterocycles. The number of carbonyl (C=O) groups is 2. The van der Waals surface area contributed by atoms with E-state index in [1.54, 1.807) is 9.80 Å². The van der Waals surface area contributed by atoms with Gasteiger partial charge in [0.25, 0.3) is 5.91 Å². The maximum atomic E-state index is 13.8. The second-order valence-electron chi connectivity index (χ2n) is 8.24. The van der Waals surface area contributed by atoms with Crippen molar-refractivity contribution in [2.75, 3.05) is 19.9 Å². The molecule has 6 rings (SSSR count). The largest absolute Gasteiger partial charge is 0.454 e. The van der Waals surface area contributed by atoms with Gasteiger partial charge in [-0.1, -0.05) is 24.3 Å². The Labute approximate surface area is 173 Å². The van der Waals surface area contributed by atoms with E-state index in [1.807, 2.05) is 43.3 Å². The summed E-state index contributed by atoms with van der Waals surface area (Å²) in [5.74, 6) is 1.29. The number of nitrogens with zero attached hydrogens (tertiary/aromatic N) is 2. The van der Waals surface area contributed by atoms with Crippen molar-refractivity contribution in [3.63, 3.8) is 0 Å². The molecule has 152 valence electrons. The average Bonchev–Trinajstić information content (AvgIpc) is 3.36. The van der Waals surface area contributed by atoms with E-state index < -0.39 is 5.54 Å². The van der Waals surface area contributed by atoms with Crippen LogP contribution in [0.25, 0.3) is 10.9 Å². The number of aromatic nitrogens is 1. The molecule has 1 fully saturated rings. The first-order chi connectivity index (χ1) is 14.6. The van der Waals surface area contributed by atoms with Crippen LogP contribution in [0.15, 0.2) is 42.5 Å². The first kappa shape index (κ1) is 17.4. The Hall–Kier alpha value is -3.48. The minimum Gasteiger partial charge on any atom is -0.454 e.